The van der Waals surface area contributed by atoms with E-state index >= 15 is 0 Å². The average Bonchev–Trinajstić information content (AvgIpc) is 2.61. The zero-order valence-corrected chi connectivity index (χ0v) is 9.01. The molecule has 2 aliphatic rings. The Labute approximate surface area is 81.0 Å². The van der Waals surface area contributed by atoms with Crippen molar-refractivity contribution in [2.45, 2.75) is 26.7 Å². The summed E-state index contributed by atoms with van der Waals surface area (Å²) in [4.78, 5) is 7.14. The first-order valence-corrected chi connectivity index (χ1v) is 5.33. The smallest absolute Gasteiger partial charge is 0.0461 e. The Kier molecular flexibility index (Phi) is 2.18. The van der Waals surface area contributed by atoms with Crippen LogP contribution in [0, 0.1) is 11.3 Å². The number of hydrogen-bond acceptors (Lipinski definition) is 2. The molecule has 0 aromatic rings. The van der Waals surface area contributed by atoms with Crippen molar-refractivity contribution in [3.63, 3.8) is 0 Å². The van der Waals surface area contributed by atoms with Crippen molar-refractivity contribution in [2.75, 3.05) is 26.7 Å². The summed E-state index contributed by atoms with van der Waals surface area (Å²) in [7, 11) is 2.22. The molecular formula is C11H20N2. The Balaban J connectivity index is 2.01. The molecule has 2 heterocycles. The molecule has 0 radical (unpaired) electrons. The average molecular weight is 180 g/mol. The Morgan fingerprint density at radius 2 is 2.23 bits per heavy atom. The van der Waals surface area contributed by atoms with Crippen LogP contribution in [0.5, 0.6) is 0 Å². The summed E-state index contributed by atoms with van der Waals surface area (Å²) in [6, 6.07) is 0. The van der Waals surface area contributed by atoms with Crippen molar-refractivity contribution in [3.05, 3.63) is 0 Å². The van der Waals surface area contributed by atoms with Gasteiger partial charge in [-0.3, -0.25) is 4.99 Å². The van der Waals surface area contributed by atoms with Gasteiger partial charge in [0.15, 0.2) is 0 Å². The number of rotatable bonds is 1. The monoisotopic (exact) mass is 180 g/mol. The highest BCUT2D eigenvalue weighted by molar-refractivity contribution is 5.88. The lowest BCUT2D eigenvalue weighted by Crippen LogP contribution is -2.26. The lowest BCUT2D eigenvalue weighted by atomic mass is 9.82. The van der Waals surface area contributed by atoms with Crippen molar-refractivity contribution in [1.82, 2.24) is 4.90 Å². The predicted octanol–water partition coefficient (Wildman–Crippen LogP) is 1.81. The highest BCUT2D eigenvalue weighted by Gasteiger charge is 2.41. The van der Waals surface area contributed by atoms with Gasteiger partial charge in [0.05, 0.1) is 0 Å². The molecule has 0 bridgehead atoms. The van der Waals surface area contributed by atoms with Crippen LogP contribution in [0.2, 0.25) is 0 Å². The molecule has 1 saturated heterocycles. The van der Waals surface area contributed by atoms with Crippen LogP contribution in [-0.2, 0) is 0 Å². The molecule has 1 fully saturated rings. The summed E-state index contributed by atoms with van der Waals surface area (Å²) in [5, 5.41) is 0. The highest BCUT2D eigenvalue weighted by Crippen LogP contribution is 2.38. The second kappa shape index (κ2) is 3.09. The second-order valence-corrected chi connectivity index (χ2v) is 5.13. The largest absolute Gasteiger partial charge is 0.306 e. The third-order valence-corrected chi connectivity index (χ3v) is 3.47. The summed E-state index contributed by atoms with van der Waals surface area (Å²) in [5.41, 5.74) is 1.99. The standard InChI is InChI=1S/C11H20N2/c1-9(2)10-6-11(7-12-10)4-5-13(3)8-11/h9H,4-8H2,1-3H3. The minimum atomic E-state index is 0.536. The van der Waals surface area contributed by atoms with E-state index in [4.69, 9.17) is 4.99 Å². The molecule has 74 valence electrons. The molecule has 1 unspecified atom stereocenters. The lowest BCUT2D eigenvalue weighted by Gasteiger charge is -2.21. The number of aliphatic imine (C=N–C) groups is 1. The van der Waals surface area contributed by atoms with Crippen LogP contribution in [0.25, 0.3) is 0 Å². The summed E-state index contributed by atoms with van der Waals surface area (Å²) in [6.07, 6.45) is 2.61. The lowest BCUT2D eigenvalue weighted by molar-refractivity contribution is 0.313. The van der Waals surface area contributed by atoms with E-state index in [2.05, 4.69) is 25.8 Å². The van der Waals surface area contributed by atoms with Crippen LogP contribution in [0.4, 0.5) is 0 Å². The summed E-state index contributed by atoms with van der Waals surface area (Å²) < 4.78 is 0. The molecule has 0 aliphatic carbocycles. The first-order chi connectivity index (χ1) is 6.11. The molecule has 2 aliphatic heterocycles. The van der Waals surface area contributed by atoms with Gasteiger partial charge in [-0.2, -0.15) is 0 Å². The summed E-state index contributed by atoms with van der Waals surface area (Å²) in [5.74, 6) is 0.658. The van der Waals surface area contributed by atoms with Gasteiger partial charge < -0.3 is 4.90 Å². The molecule has 0 N–H and O–H groups in total. The van der Waals surface area contributed by atoms with Gasteiger partial charge in [0.1, 0.15) is 0 Å². The van der Waals surface area contributed by atoms with E-state index in [1.165, 1.54) is 31.6 Å². The molecular weight excluding hydrogens is 160 g/mol. The van der Waals surface area contributed by atoms with Crippen molar-refractivity contribution in [2.24, 2.45) is 16.3 Å². The SMILES string of the molecule is CC(C)C1=NCC2(CCN(C)C2)C1. The maximum atomic E-state index is 4.69. The first-order valence-electron chi connectivity index (χ1n) is 5.33. The Morgan fingerprint density at radius 1 is 1.46 bits per heavy atom. The van der Waals surface area contributed by atoms with E-state index < -0.39 is 0 Å². The second-order valence-electron chi connectivity index (χ2n) is 5.13. The fraction of sp³-hybridized carbons (Fsp3) is 0.909. The maximum Gasteiger partial charge on any atom is 0.0461 e. The molecule has 2 nitrogen and oxygen atoms in total. The fourth-order valence-corrected chi connectivity index (χ4v) is 2.58. The van der Waals surface area contributed by atoms with E-state index in [1.54, 1.807) is 0 Å². The molecule has 1 spiro atoms. The van der Waals surface area contributed by atoms with Gasteiger partial charge in [0.25, 0.3) is 0 Å². The summed E-state index contributed by atoms with van der Waals surface area (Å²) >= 11 is 0. The zero-order chi connectivity index (χ0) is 9.47. The predicted molar refractivity (Wildman–Crippen MR) is 56.3 cm³/mol. The number of likely N-dealkylation sites (tertiary alicyclic amines) is 1. The first kappa shape index (κ1) is 9.20. The number of nitrogens with zero attached hydrogens (tertiary/aromatic N) is 2. The Morgan fingerprint density at radius 3 is 2.69 bits per heavy atom. The van der Waals surface area contributed by atoms with E-state index in [0.29, 0.717) is 11.3 Å². The maximum absolute atomic E-state index is 4.69. The molecule has 13 heavy (non-hydrogen) atoms. The van der Waals surface area contributed by atoms with E-state index in [-0.39, 0.29) is 0 Å². The van der Waals surface area contributed by atoms with Crippen molar-refractivity contribution >= 4 is 5.71 Å². The quantitative estimate of drug-likeness (QED) is 0.601. The van der Waals surface area contributed by atoms with Gasteiger partial charge in [0, 0.05) is 24.2 Å². The molecule has 0 saturated carbocycles. The fourth-order valence-electron chi connectivity index (χ4n) is 2.58. The van der Waals surface area contributed by atoms with Crippen LogP contribution in [0.3, 0.4) is 0 Å². The van der Waals surface area contributed by atoms with Crippen LogP contribution in [0.1, 0.15) is 26.7 Å². The molecule has 0 aromatic heterocycles. The summed E-state index contributed by atoms with van der Waals surface area (Å²) in [6.45, 7) is 8.13. The molecule has 2 heteroatoms. The van der Waals surface area contributed by atoms with Gasteiger partial charge in [0.2, 0.25) is 0 Å². The third kappa shape index (κ3) is 1.64. The molecule has 1 atom stereocenters. The Bertz CT molecular complexity index is 232. The van der Waals surface area contributed by atoms with E-state index in [9.17, 15) is 0 Å². The van der Waals surface area contributed by atoms with Crippen molar-refractivity contribution in [1.29, 1.82) is 0 Å². The van der Waals surface area contributed by atoms with Crippen LogP contribution in [0.15, 0.2) is 4.99 Å². The highest BCUT2D eigenvalue weighted by atomic mass is 15.1. The van der Waals surface area contributed by atoms with Gasteiger partial charge in [-0.1, -0.05) is 13.8 Å². The minimum absolute atomic E-state index is 0.536. The molecule has 0 amide bonds. The van der Waals surface area contributed by atoms with Gasteiger partial charge in [-0.15, -0.1) is 0 Å². The van der Waals surface area contributed by atoms with Gasteiger partial charge >= 0.3 is 0 Å². The third-order valence-electron chi connectivity index (χ3n) is 3.47. The van der Waals surface area contributed by atoms with Crippen LogP contribution in [-0.4, -0.2) is 37.3 Å². The normalized spacial score (nSPS) is 34.9. The Hall–Kier alpha value is -0.370. The van der Waals surface area contributed by atoms with Gasteiger partial charge in [-0.25, -0.2) is 0 Å². The van der Waals surface area contributed by atoms with Crippen molar-refractivity contribution in [3.8, 4) is 0 Å². The topological polar surface area (TPSA) is 15.6 Å². The zero-order valence-electron chi connectivity index (χ0n) is 9.01. The van der Waals surface area contributed by atoms with E-state index in [0.717, 1.165) is 6.54 Å². The molecule has 2 rings (SSSR count). The molecule has 0 aromatic carbocycles. The number of hydrogen-bond donors (Lipinski definition) is 0. The van der Waals surface area contributed by atoms with Gasteiger partial charge in [-0.05, 0) is 32.4 Å². The van der Waals surface area contributed by atoms with Crippen LogP contribution < -0.4 is 0 Å². The van der Waals surface area contributed by atoms with E-state index in [1.807, 2.05) is 0 Å². The van der Waals surface area contributed by atoms with Crippen molar-refractivity contribution < 1.29 is 0 Å². The minimum Gasteiger partial charge on any atom is -0.306 e. The van der Waals surface area contributed by atoms with Crippen LogP contribution >= 0.6 is 0 Å².